The Morgan fingerprint density at radius 1 is 1.33 bits per heavy atom. The molecular formula is C13H18N2. The van der Waals surface area contributed by atoms with E-state index in [9.17, 15) is 0 Å². The van der Waals surface area contributed by atoms with E-state index in [0.717, 1.165) is 12.0 Å². The smallest absolute Gasteiger partial charge is 0.121 e. The number of hydrogen-bond donors (Lipinski definition) is 1. The molecule has 0 saturated carbocycles. The summed E-state index contributed by atoms with van der Waals surface area (Å²) in [4.78, 5) is 0. The molecule has 0 amide bonds. The van der Waals surface area contributed by atoms with Crippen molar-refractivity contribution in [3.8, 4) is 6.07 Å². The summed E-state index contributed by atoms with van der Waals surface area (Å²) in [6.45, 7) is 6.26. The molecule has 0 aliphatic carbocycles. The van der Waals surface area contributed by atoms with Crippen molar-refractivity contribution in [1.82, 2.24) is 5.32 Å². The van der Waals surface area contributed by atoms with Crippen LogP contribution in [0, 0.1) is 18.3 Å². The zero-order chi connectivity index (χ0) is 11.3. The number of aryl methyl sites for hydroxylation is 1. The lowest BCUT2D eigenvalue weighted by molar-refractivity contribution is 0.501. The maximum Gasteiger partial charge on any atom is 0.121 e. The molecule has 0 aliphatic rings. The average molecular weight is 202 g/mol. The van der Waals surface area contributed by atoms with Gasteiger partial charge in [-0.2, -0.15) is 5.26 Å². The fraction of sp³-hybridized carbons (Fsp3) is 0.462. The van der Waals surface area contributed by atoms with Gasteiger partial charge in [-0.25, -0.2) is 0 Å². The van der Waals surface area contributed by atoms with E-state index in [1.807, 2.05) is 31.2 Å². The Morgan fingerprint density at radius 2 is 1.93 bits per heavy atom. The fourth-order valence-corrected chi connectivity index (χ4v) is 1.37. The van der Waals surface area contributed by atoms with Gasteiger partial charge in [0.15, 0.2) is 0 Å². The predicted octanol–water partition coefficient (Wildman–Crippen LogP) is 2.95. The highest BCUT2D eigenvalue weighted by molar-refractivity contribution is 5.27. The number of nitrogens with one attached hydrogen (secondary N) is 1. The first kappa shape index (κ1) is 11.7. The quantitative estimate of drug-likeness (QED) is 0.814. The van der Waals surface area contributed by atoms with Crippen molar-refractivity contribution < 1.29 is 0 Å². The molecule has 1 aromatic carbocycles. The van der Waals surface area contributed by atoms with Crippen LogP contribution in [0.4, 0.5) is 0 Å². The molecule has 0 bridgehead atoms. The molecule has 2 atom stereocenters. The third-order valence-electron chi connectivity index (χ3n) is 2.60. The van der Waals surface area contributed by atoms with Crippen LogP contribution in [0.5, 0.6) is 0 Å². The first-order valence-electron chi connectivity index (χ1n) is 5.39. The molecule has 2 unspecified atom stereocenters. The van der Waals surface area contributed by atoms with Gasteiger partial charge in [0.05, 0.1) is 6.07 Å². The molecule has 0 saturated heterocycles. The molecule has 1 N–H and O–H groups in total. The third-order valence-corrected chi connectivity index (χ3v) is 2.60. The second kappa shape index (κ2) is 5.53. The highest BCUT2D eigenvalue weighted by Gasteiger charge is 2.11. The molecule has 0 spiro atoms. The summed E-state index contributed by atoms with van der Waals surface area (Å²) in [6, 6.07) is 10.6. The Hall–Kier alpha value is -1.33. The monoisotopic (exact) mass is 202 g/mol. The maximum atomic E-state index is 9.08. The summed E-state index contributed by atoms with van der Waals surface area (Å²) < 4.78 is 0. The average Bonchev–Trinajstić information content (AvgIpc) is 2.27. The molecule has 80 valence electrons. The highest BCUT2D eigenvalue weighted by atomic mass is 14.9. The summed E-state index contributed by atoms with van der Waals surface area (Å²) >= 11 is 0. The number of hydrogen-bond acceptors (Lipinski definition) is 2. The Bertz CT molecular complexity index is 335. The minimum atomic E-state index is -0.194. The third kappa shape index (κ3) is 3.38. The van der Waals surface area contributed by atoms with Crippen LogP contribution in [-0.4, -0.2) is 6.04 Å². The lowest BCUT2D eigenvalue weighted by Gasteiger charge is -2.17. The predicted molar refractivity (Wildman–Crippen MR) is 62.4 cm³/mol. The van der Waals surface area contributed by atoms with Crippen molar-refractivity contribution in [1.29, 1.82) is 5.26 Å². The first-order valence-corrected chi connectivity index (χ1v) is 5.39. The van der Waals surface area contributed by atoms with E-state index in [1.54, 1.807) is 0 Å². The molecule has 1 rings (SSSR count). The minimum absolute atomic E-state index is 0.194. The Morgan fingerprint density at radius 3 is 2.40 bits per heavy atom. The number of nitriles is 1. The van der Waals surface area contributed by atoms with E-state index in [0.29, 0.717) is 6.04 Å². The normalized spacial score (nSPS) is 14.3. The van der Waals surface area contributed by atoms with Crippen LogP contribution < -0.4 is 5.32 Å². The zero-order valence-electron chi connectivity index (χ0n) is 9.62. The van der Waals surface area contributed by atoms with Crippen LogP contribution in [0.15, 0.2) is 24.3 Å². The van der Waals surface area contributed by atoms with Crippen molar-refractivity contribution >= 4 is 0 Å². The van der Waals surface area contributed by atoms with Gasteiger partial charge in [-0.15, -0.1) is 0 Å². The summed E-state index contributed by atoms with van der Waals surface area (Å²) in [5, 5.41) is 12.4. The van der Waals surface area contributed by atoms with Gasteiger partial charge in [-0.3, -0.25) is 5.32 Å². The van der Waals surface area contributed by atoms with E-state index in [2.05, 4.69) is 25.2 Å². The second-order valence-corrected chi connectivity index (χ2v) is 3.95. The van der Waals surface area contributed by atoms with Crippen molar-refractivity contribution in [2.45, 2.75) is 39.3 Å². The van der Waals surface area contributed by atoms with Crippen molar-refractivity contribution in [3.63, 3.8) is 0 Å². The van der Waals surface area contributed by atoms with Gasteiger partial charge in [-0.1, -0.05) is 36.8 Å². The van der Waals surface area contributed by atoms with Crippen LogP contribution in [-0.2, 0) is 0 Å². The largest absolute Gasteiger partial charge is 0.296 e. The van der Waals surface area contributed by atoms with Gasteiger partial charge < -0.3 is 0 Å². The van der Waals surface area contributed by atoms with E-state index >= 15 is 0 Å². The molecule has 0 aliphatic heterocycles. The molecule has 1 aromatic rings. The zero-order valence-corrected chi connectivity index (χ0v) is 9.62. The summed E-state index contributed by atoms with van der Waals surface area (Å²) in [5.41, 5.74) is 2.27. The van der Waals surface area contributed by atoms with Crippen LogP contribution in [0.1, 0.15) is 37.4 Å². The standard InChI is InChI=1S/C13H18N2/c1-4-11(3)15-13(9-14)12-7-5-10(2)6-8-12/h5-8,11,13,15H,4H2,1-3H3. The van der Waals surface area contributed by atoms with Crippen LogP contribution in [0.3, 0.4) is 0 Å². The minimum Gasteiger partial charge on any atom is -0.296 e. The number of rotatable bonds is 4. The molecule has 15 heavy (non-hydrogen) atoms. The second-order valence-electron chi connectivity index (χ2n) is 3.95. The molecule has 2 heteroatoms. The van der Waals surface area contributed by atoms with Crippen LogP contribution in [0.2, 0.25) is 0 Å². The molecule has 0 heterocycles. The summed E-state index contributed by atoms with van der Waals surface area (Å²) in [7, 11) is 0. The van der Waals surface area contributed by atoms with Crippen LogP contribution in [0.25, 0.3) is 0 Å². The topological polar surface area (TPSA) is 35.8 Å². The molecule has 0 fully saturated rings. The first-order chi connectivity index (χ1) is 7.17. The molecule has 0 radical (unpaired) electrons. The highest BCUT2D eigenvalue weighted by Crippen LogP contribution is 2.14. The summed E-state index contributed by atoms with van der Waals surface area (Å²) in [5.74, 6) is 0. The summed E-state index contributed by atoms with van der Waals surface area (Å²) in [6.07, 6.45) is 1.03. The lowest BCUT2D eigenvalue weighted by atomic mass is 10.1. The SMILES string of the molecule is CCC(C)NC(C#N)c1ccc(C)cc1. The number of nitrogens with zero attached hydrogens (tertiary/aromatic N) is 1. The van der Waals surface area contributed by atoms with E-state index < -0.39 is 0 Å². The maximum absolute atomic E-state index is 9.08. The van der Waals surface area contributed by atoms with Gasteiger partial charge in [0.1, 0.15) is 6.04 Å². The lowest BCUT2D eigenvalue weighted by Crippen LogP contribution is -2.29. The van der Waals surface area contributed by atoms with Crippen molar-refractivity contribution in [3.05, 3.63) is 35.4 Å². The number of benzene rings is 1. The van der Waals surface area contributed by atoms with Crippen LogP contribution >= 0.6 is 0 Å². The van der Waals surface area contributed by atoms with Crippen molar-refractivity contribution in [2.24, 2.45) is 0 Å². The van der Waals surface area contributed by atoms with Gasteiger partial charge in [0.25, 0.3) is 0 Å². The van der Waals surface area contributed by atoms with Gasteiger partial charge in [0, 0.05) is 6.04 Å². The van der Waals surface area contributed by atoms with E-state index in [-0.39, 0.29) is 6.04 Å². The molecule has 0 aromatic heterocycles. The Kier molecular flexibility index (Phi) is 4.33. The van der Waals surface area contributed by atoms with Gasteiger partial charge >= 0.3 is 0 Å². The van der Waals surface area contributed by atoms with E-state index in [4.69, 9.17) is 5.26 Å². The van der Waals surface area contributed by atoms with Gasteiger partial charge in [0.2, 0.25) is 0 Å². The molecule has 2 nitrogen and oxygen atoms in total. The Balaban J connectivity index is 2.75. The van der Waals surface area contributed by atoms with Crippen molar-refractivity contribution in [2.75, 3.05) is 0 Å². The Labute approximate surface area is 91.9 Å². The van der Waals surface area contributed by atoms with Gasteiger partial charge in [-0.05, 0) is 25.8 Å². The fourth-order valence-electron chi connectivity index (χ4n) is 1.37. The molecular weight excluding hydrogens is 184 g/mol. The van der Waals surface area contributed by atoms with E-state index in [1.165, 1.54) is 5.56 Å².